The molecule has 15 heavy (non-hydrogen) atoms. The predicted molar refractivity (Wildman–Crippen MR) is 64.1 cm³/mol. The number of unbranched alkanes of at least 4 members (excludes halogenated alkanes) is 3. The van der Waals surface area contributed by atoms with E-state index in [1.165, 1.54) is 25.7 Å². The van der Waals surface area contributed by atoms with Crippen LogP contribution < -0.4 is 5.32 Å². The van der Waals surface area contributed by atoms with Crippen LogP contribution in [0, 0.1) is 11.8 Å². The van der Waals surface area contributed by atoms with Gasteiger partial charge < -0.3 is 5.32 Å². The lowest BCUT2D eigenvalue weighted by molar-refractivity contribution is -0.125. The quantitative estimate of drug-likeness (QED) is 0.505. The molecule has 2 nitrogen and oxygen atoms in total. The molecule has 1 rings (SSSR count). The zero-order valence-corrected chi connectivity index (χ0v) is 10.4. The van der Waals surface area contributed by atoms with Gasteiger partial charge in [0, 0.05) is 18.3 Å². The van der Waals surface area contributed by atoms with Crippen molar-refractivity contribution in [1.29, 1.82) is 0 Å². The molecule has 1 N–H and O–H groups in total. The third kappa shape index (κ3) is 5.41. The maximum absolute atomic E-state index is 11.6. The van der Waals surface area contributed by atoms with E-state index in [4.69, 9.17) is 11.6 Å². The van der Waals surface area contributed by atoms with Crippen LogP contribution >= 0.6 is 11.6 Å². The van der Waals surface area contributed by atoms with Crippen molar-refractivity contribution in [3.63, 3.8) is 0 Å². The Labute approximate surface area is 97.8 Å². The fourth-order valence-corrected chi connectivity index (χ4v) is 1.94. The number of carbonyl (C=O) groups excluding carboxylic acids is 1. The van der Waals surface area contributed by atoms with Crippen LogP contribution in [0.5, 0.6) is 0 Å². The summed E-state index contributed by atoms with van der Waals surface area (Å²) in [7, 11) is 0. The number of hydrogen-bond acceptors (Lipinski definition) is 1. The summed E-state index contributed by atoms with van der Waals surface area (Å²) in [6.45, 7) is 2.87. The lowest BCUT2D eigenvalue weighted by atomic mass is 10.1. The van der Waals surface area contributed by atoms with Crippen molar-refractivity contribution in [2.45, 2.75) is 45.4 Å². The van der Waals surface area contributed by atoms with Crippen LogP contribution in [0.4, 0.5) is 0 Å². The van der Waals surface area contributed by atoms with Crippen molar-refractivity contribution in [2.75, 3.05) is 12.4 Å². The highest BCUT2D eigenvalue weighted by molar-refractivity contribution is 6.17. The van der Waals surface area contributed by atoms with E-state index in [1.807, 2.05) is 6.92 Å². The van der Waals surface area contributed by atoms with Gasteiger partial charge in [-0.05, 0) is 31.6 Å². The largest absolute Gasteiger partial charge is 0.356 e. The van der Waals surface area contributed by atoms with Gasteiger partial charge in [0.15, 0.2) is 0 Å². The van der Waals surface area contributed by atoms with E-state index in [-0.39, 0.29) is 11.8 Å². The Kier molecular flexibility index (Phi) is 6.07. The van der Waals surface area contributed by atoms with Crippen molar-refractivity contribution in [2.24, 2.45) is 11.8 Å². The second-order valence-corrected chi connectivity index (χ2v) is 4.90. The van der Waals surface area contributed by atoms with Gasteiger partial charge in [0.2, 0.25) is 5.91 Å². The number of hydrogen-bond donors (Lipinski definition) is 1. The number of amides is 1. The van der Waals surface area contributed by atoms with Gasteiger partial charge in [0.1, 0.15) is 0 Å². The van der Waals surface area contributed by atoms with Crippen molar-refractivity contribution >= 4 is 17.5 Å². The van der Waals surface area contributed by atoms with E-state index in [1.54, 1.807) is 0 Å². The van der Waals surface area contributed by atoms with Crippen LogP contribution in [-0.4, -0.2) is 18.3 Å². The maximum atomic E-state index is 11.6. The van der Waals surface area contributed by atoms with Crippen LogP contribution in [0.1, 0.15) is 45.4 Å². The Morgan fingerprint density at radius 1 is 1.33 bits per heavy atom. The van der Waals surface area contributed by atoms with Gasteiger partial charge in [0.05, 0.1) is 0 Å². The predicted octanol–water partition coefficient (Wildman–Crippen LogP) is 2.95. The van der Waals surface area contributed by atoms with E-state index in [2.05, 4.69) is 5.32 Å². The van der Waals surface area contributed by atoms with E-state index >= 15 is 0 Å². The first-order chi connectivity index (χ1) is 7.25. The standard InChI is InChI=1S/C12H22ClNO/c1-10(11-6-7-11)12(15)14-9-5-3-2-4-8-13/h10-11H,2-9H2,1H3,(H,14,15). The summed E-state index contributed by atoms with van der Waals surface area (Å²) in [4.78, 5) is 11.6. The van der Waals surface area contributed by atoms with Crippen molar-refractivity contribution in [3.05, 3.63) is 0 Å². The molecule has 0 radical (unpaired) electrons. The Morgan fingerprint density at radius 3 is 2.60 bits per heavy atom. The van der Waals surface area contributed by atoms with Crippen LogP contribution in [0.3, 0.4) is 0 Å². The molecule has 3 heteroatoms. The summed E-state index contributed by atoms with van der Waals surface area (Å²) in [6.07, 6.45) is 7.00. The number of carbonyl (C=O) groups is 1. The first-order valence-electron chi connectivity index (χ1n) is 6.09. The van der Waals surface area contributed by atoms with Crippen LogP contribution in [-0.2, 0) is 4.79 Å². The SMILES string of the molecule is CC(C(=O)NCCCCCCCl)C1CC1. The summed E-state index contributed by atoms with van der Waals surface area (Å²) in [5, 5.41) is 3.01. The summed E-state index contributed by atoms with van der Waals surface area (Å²) >= 11 is 5.58. The molecule has 0 aromatic carbocycles. The van der Waals surface area contributed by atoms with E-state index in [9.17, 15) is 4.79 Å². The highest BCUT2D eigenvalue weighted by Gasteiger charge is 2.32. The minimum Gasteiger partial charge on any atom is -0.356 e. The Hall–Kier alpha value is -0.240. The molecular formula is C12H22ClNO. The third-order valence-corrected chi connectivity index (χ3v) is 3.37. The van der Waals surface area contributed by atoms with Gasteiger partial charge in [-0.15, -0.1) is 11.6 Å². The topological polar surface area (TPSA) is 29.1 Å². The molecule has 0 heterocycles. The summed E-state index contributed by atoms with van der Waals surface area (Å²) in [5.41, 5.74) is 0. The molecule has 88 valence electrons. The van der Waals surface area contributed by atoms with Gasteiger partial charge in [0.25, 0.3) is 0 Å². The van der Waals surface area contributed by atoms with Gasteiger partial charge in [-0.1, -0.05) is 19.8 Å². The van der Waals surface area contributed by atoms with Gasteiger partial charge in [-0.25, -0.2) is 0 Å². The fraction of sp³-hybridized carbons (Fsp3) is 0.917. The number of halogens is 1. The summed E-state index contributed by atoms with van der Waals surface area (Å²) in [6, 6.07) is 0. The van der Waals surface area contributed by atoms with Gasteiger partial charge >= 0.3 is 0 Å². The lowest BCUT2D eigenvalue weighted by Gasteiger charge is -2.10. The third-order valence-electron chi connectivity index (χ3n) is 3.10. The molecule has 1 fully saturated rings. The molecule has 1 aliphatic carbocycles. The highest BCUT2D eigenvalue weighted by atomic mass is 35.5. The smallest absolute Gasteiger partial charge is 0.223 e. The summed E-state index contributed by atoms with van der Waals surface area (Å²) < 4.78 is 0. The molecule has 1 aliphatic rings. The molecule has 1 atom stereocenters. The molecule has 0 aliphatic heterocycles. The molecular weight excluding hydrogens is 210 g/mol. The van der Waals surface area contributed by atoms with Crippen molar-refractivity contribution in [1.82, 2.24) is 5.32 Å². The molecule has 1 saturated carbocycles. The zero-order chi connectivity index (χ0) is 11.1. The Balaban J connectivity index is 1.92. The molecule has 1 unspecified atom stereocenters. The van der Waals surface area contributed by atoms with Gasteiger partial charge in [-0.2, -0.15) is 0 Å². The number of rotatable bonds is 8. The Morgan fingerprint density at radius 2 is 2.00 bits per heavy atom. The fourth-order valence-electron chi connectivity index (χ4n) is 1.76. The molecule has 0 saturated heterocycles. The number of alkyl halides is 1. The molecule has 0 aromatic heterocycles. The molecule has 0 spiro atoms. The van der Waals surface area contributed by atoms with E-state index in [0.717, 1.165) is 25.3 Å². The zero-order valence-electron chi connectivity index (χ0n) is 9.60. The average molecular weight is 232 g/mol. The van der Waals surface area contributed by atoms with Crippen molar-refractivity contribution < 1.29 is 4.79 Å². The van der Waals surface area contributed by atoms with Gasteiger partial charge in [-0.3, -0.25) is 4.79 Å². The highest BCUT2D eigenvalue weighted by Crippen LogP contribution is 2.36. The minimum absolute atomic E-state index is 0.229. The Bertz CT molecular complexity index is 192. The van der Waals surface area contributed by atoms with Crippen molar-refractivity contribution in [3.8, 4) is 0 Å². The minimum atomic E-state index is 0.229. The second kappa shape index (κ2) is 7.10. The normalized spacial score (nSPS) is 17.5. The van der Waals surface area contributed by atoms with E-state index in [0.29, 0.717) is 5.92 Å². The lowest BCUT2D eigenvalue weighted by Crippen LogP contribution is -2.30. The molecule has 0 bridgehead atoms. The average Bonchev–Trinajstić information content (AvgIpc) is 3.05. The summed E-state index contributed by atoms with van der Waals surface area (Å²) in [5.74, 6) is 1.90. The molecule has 0 aromatic rings. The first kappa shape index (κ1) is 12.8. The van der Waals surface area contributed by atoms with Crippen LogP contribution in [0.2, 0.25) is 0 Å². The van der Waals surface area contributed by atoms with Crippen LogP contribution in [0.15, 0.2) is 0 Å². The van der Waals surface area contributed by atoms with Crippen LogP contribution in [0.25, 0.3) is 0 Å². The second-order valence-electron chi connectivity index (χ2n) is 4.52. The molecule has 1 amide bonds. The first-order valence-corrected chi connectivity index (χ1v) is 6.63. The number of nitrogens with one attached hydrogen (secondary N) is 1. The maximum Gasteiger partial charge on any atom is 0.223 e. The monoisotopic (exact) mass is 231 g/mol. The van der Waals surface area contributed by atoms with E-state index < -0.39 is 0 Å².